The van der Waals surface area contributed by atoms with Gasteiger partial charge in [0.2, 0.25) is 11.8 Å². The zero-order valence-corrected chi connectivity index (χ0v) is 19.7. The van der Waals surface area contributed by atoms with E-state index in [-0.39, 0.29) is 23.6 Å². The Bertz CT molecular complexity index is 996. The Kier molecular flexibility index (Phi) is 7.83. The Morgan fingerprint density at radius 3 is 2.32 bits per heavy atom. The Morgan fingerprint density at radius 1 is 0.941 bits per heavy atom. The quantitative estimate of drug-likeness (QED) is 0.685. The summed E-state index contributed by atoms with van der Waals surface area (Å²) in [4.78, 5) is 43.0. The van der Waals surface area contributed by atoms with E-state index in [9.17, 15) is 14.4 Å². The number of rotatable bonds is 7. The van der Waals surface area contributed by atoms with Gasteiger partial charge in [-0.3, -0.25) is 14.4 Å². The van der Waals surface area contributed by atoms with Crippen molar-refractivity contribution in [1.82, 2.24) is 15.1 Å². The minimum Gasteiger partial charge on any atom is -0.497 e. The summed E-state index contributed by atoms with van der Waals surface area (Å²) in [6.07, 6.45) is 3.74. The Hall–Kier alpha value is -3.35. The first-order valence-electron chi connectivity index (χ1n) is 12.1. The largest absolute Gasteiger partial charge is 0.497 e. The van der Waals surface area contributed by atoms with Crippen LogP contribution in [0.15, 0.2) is 54.6 Å². The molecule has 7 nitrogen and oxygen atoms in total. The standard InChI is InChI=1S/C27H33N3O4/c1-34-23-11-7-10-22(19-23)26(32)28-25(27(33)30-14-5-6-15-30)21-12-16-29(17-13-21)24(31)18-20-8-3-2-4-9-20/h2-4,7-11,19,21,25H,5-6,12-18H2,1H3,(H,28,32)/t25-/m1/s1. The summed E-state index contributed by atoms with van der Waals surface area (Å²) in [7, 11) is 1.56. The monoisotopic (exact) mass is 463 g/mol. The van der Waals surface area contributed by atoms with Gasteiger partial charge in [0, 0.05) is 31.7 Å². The van der Waals surface area contributed by atoms with Gasteiger partial charge in [0.05, 0.1) is 13.5 Å². The highest BCUT2D eigenvalue weighted by molar-refractivity contribution is 5.98. The minimum absolute atomic E-state index is 0.0107. The smallest absolute Gasteiger partial charge is 0.252 e. The summed E-state index contributed by atoms with van der Waals surface area (Å²) in [6.45, 7) is 2.65. The topological polar surface area (TPSA) is 79.0 Å². The molecule has 4 rings (SSSR count). The fraction of sp³-hybridized carbons (Fsp3) is 0.444. The highest BCUT2D eigenvalue weighted by Crippen LogP contribution is 2.25. The van der Waals surface area contributed by atoms with Gasteiger partial charge < -0.3 is 19.9 Å². The lowest BCUT2D eigenvalue weighted by Crippen LogP contribution is -2.54. The van der Waals surface area contributed by atoms with Crippen molar-refractivity contribution in [1.29, 1.82) is 0 Å². The van der Waals surface area contributed by atoms with Crippen LogP contribution in [0.1, 0.15) is 41.6 Å². The van der Waals surface area contributed by atoms with E-state index in [1.54, 1.807) is 31.4 Å². The highest BCUT2D eigenvalue weighted by atomic mass is 16.5. The third kappa shape index (κ3) is 5.76. The summed E-state index contributed by atoms with van der Waals surface area (Å²) in [5.41, 5.74) is 1.47. The molecular weight excluding hydrogens is 430 g/mol. The van der Waals surface area contributed by atoms with Crippen molar-refractivity contribution in [2.24, 2.45) is 5.92 Å². The molecule has 0 bridgehead atoms. The maximum Gasteiger partial charge on any atom is 0.252 e. The molecule has 2 saturated heterocycles. The molecule has 2 aromatic carbocycles. The van der Waals surface area contributed by atoms with Crippen molar-refractivity contribution in [2.75, 3.05) is 33.3 Å². The molecule has 0 aromatic heterocycles. The van der Waals surface area contributed by atoms with Crippen LogP contribution in [0.4, 0.5) is 0 Å². The van der Waals surface area contributed by atoms with Crippen LogP contribution < -0.4 is 10.1 Å². The van der Waals surface area contributed by atoms with Crippen LogP contribution in [-0.2, 0) is 16.0 Å². The first kappa shape index (κ1) is 23.8. The average molecular weight is 464 g/mol. The van der Waals surface area contributed by atoms with Crippen LogP contribution in [0.2, 0.25) is 0 Å². The number of benzene rings is 2. The van der Waals surface area contributed by atoms with Gasteiger partial charge in [-0.1, -0.05) is 36.4 Å². The van der Waals surface area contributed by atoms with Gasteiger partial charge in [0.1, 0.15) is 11.8 Å². The lowest BCUT2D eigenvalue weighted by Gasteiger charge is -2.37. The fourth-order valence-electron chi connectivity index (χ4n) is 4.87. The maximum atomic E-state index is 13.4. The molecule has 0 aliphatic carbocycles. The zero-order chi connectivity index (χ0) is 23.9. The van der Waals surface area contributed by atoms with Crippen molar-refractivity contribution in [3.05, 3.63) is 65.7 Å². The molecule has 2 heterocycles. The number of nitrogens with one attached hydrogen (secondary N) is 1. The molecule has 34 heavy (non-hydrogen) atoms. The summed E-state index contributed by atoms with van der Waals surface area (Å²) in [5, 5.41) is 3.03. The van der Waals surface area contributed by atoms with Crippen molar-refractivity contribution < 1.29 is 19.1 Å². The Morgan fingerprint density at radius 2 is 1.65 bits per heavy atom. The highest BCUT2D eigenvalue weighted by Gasteiger charge is 2.36. The molecule has 180 valence electrons. The van der Waals surface area contributed by atoms with E-state index in [4.69, 9.17) is 4.74 Å². The average Bonchev–Trinajstić information content (AvgIpc) is 3.43. The van der Waals surface area contributed by atoms with Gasteiger partial charge >= 0.3 is 0 Å². The number of hydrogen-bond acceptors (Lipinski definition) is 4. The molecule has 7 heteroatoms. The number of hydrogen-bond donors (Lipinski definition) is 1. The van der Waals surface area contributed by atoms with E-state index in [1.807, 2.05) is 40.1 Å². The van der Waals surface area contributed by atoms with Crippen LogP contribution in [0.5, 0.6) is 5.75 Å². The molecule has 1 atom stereocenters. The minimum atomic E-state index is -0.594. The zero-order valence-electron chi connectivity index (χ0n) is 19.7. The van der Waals surface area contributed by atoms with E-state index < -0.39 is 6.04 Å². The first-order valence-corrected chi connectivity index (χ1v) is 12.1. The second kappa shape index (κ2) is 11.2. The third-order valence-corrected chi connectivity index (χ3v) is 6.86. The molecule has 2 aliphatic heterocycles. The summed E-state index contributed by atoms with van der Waals surface area (Å²) < 4.78 is 5.24. The fourth-order valence-corrected chi connectivity index (χ4v) is 4.87. The molecule has 0 spiro atoms. The summed E-state index contributed by atoms with van der Waals surface area (Å²) in [5.74, 6) is 0.401. The first-order chi connectivity index (χ1) is 16.5. The third-order valence-electron chi connectivity index (χ3n) is 6.86. The molecule has 0 saturated carbocycles. The van der Waals surface area contributed by atoms with Crippen LogP contribution in [0.3, 0.4) is 0 Å². The van der Waals surface area contributed by atoms with Crippen LogP contribution >= 0.6 is 0 Å². The number of likely N-dealkylation sites (tertiary alicyclic amines) is 2. The number of carbonyl (C=O) groups is 3. The summed E-state index contributed by atoms with van der Waals surface area (Å²) in [6, 6.07) is 16.1. The number of amides is 3. The maximum absolute atomic E-state index is 13.4. The van der Waals surface area contributed by atoms with Crippen LogP contribution in [0, 0.1) is 5.92 Å². The van der Waals surface area contributed by atoms with E-state index in [0.29, 0.717) is 43.7 Å². The van der Waals surface area contributed by atoms with Crippen molar-refractivity contribution in [3.8, 4) is 5.75 Å². The second-order valence-electron chi connectivity index (χ2n) is 9.10. The molecule has 2 aromatic rings. The van der Waals surface area contributed by atoms with E-state index >= 15 is 0 Å². The lowest BCUT2D eigenvalue weighted by molar-refractivity contribution is -0.135. The van der Waals surface area contributed by atoms with Gasteiger partial charge in [-0.25, -0.2) is 0 Å². The molecule has 3 amide bonds. The van der Waals surface area contributed by atoms with Gasteiger partial charge in [-0.15, -0.1) is 0 Å². The van der Waals surface area contributed by atoms with E-state index in [1.165, 1.54) is 0 Å². The summed E-state index contributed by atoms with van der Waals surface area (Å²) >= 11 is 0. The van der Waals surface area contributed by atoms with Crippen LogP contribution in [-0.4, -0.2) is 66.9 Å². The van der Waals surface area contributed by atoms with E-state index in [0.717, 1.165) is 31.5 Å². The molecule has 2 aliphatic rings. The molecule has 2 fully saturated rings. The van der Waals surface area contributed by atoms with Crippen molar-refractivity contribution in [3.63, 3.8) is 0 Å². The molecule has 0 unspecified atom stereocenters. The van der Waals surface area contributed by atoms with Gasteiger partial charge in [-0.2, -0.15) is 0 Å². The second-order valence-corrected chi connectivity index (χ2v) is 9.10. The van der Waals surface area contributed by atoms with Crippen molar-refractivity contribution >= 4 is 17.7 Å². The Labute approximate surface area is 201 Å². The van der Waals surface area contributed by atoms with Gasteiger partial charge in [0.15, 0.2) is 0 Å². The molecule has 0 radical (unpaired) electrons. The molecule has 1 N–H and O–H groups in total. The number of nitrogens with zero attached hydrogens (tertiary/aromatic N) is 2. The number of ether oxygens (including phenoxy) is 1. The number of methoxy groups -OCH3 is 1. The normalized spacial score (nSPS) is 17.3. The predicted octanol–water partition coefficient (Wildman–Crippen LogP) is 2.90. The van der Waals surface area contributed by atoms with Gasteiger partial charge in [-0.05, 0) is 55.4 Å². The van der Waals surface area contributed by atoms with Crippen LogP contribution in [0.25, 0.3) is 0 Å². The SMILES string of the molecule is COc1cccc(C(=O)N[C@@H](C(=O)N2CCCC2)C2CCN(C(=O)Cc3ccccc3)CC2)c1. The predicted molar refractivity (Wildman–Crippen MR) is 130 cm³/mol. The lowest BCUT2D eigenvalue weighted by atomic mass is 9.88. The van der Waals surface area contributed by atoms with Crippen molar-refractivity contribution in [2.45, 2.75) is 38.1 Å². The number of piperidine rings is 1. The molecular formula is C27H33N3O4. The van der Waals surface area contributed by atoms with E-state index in [2.05, 4.69) is 5.32 Å². The Balaban J connectivity index is 1.42. The number of carbonyl (C=O) groups excluding carboxylic acids is 3. The van der Waals surface area contributed by atoms with Gasteiger partial charge in [0.25, 0.3) is 5.91 Å².